The number of hydrogen-bond acceptors (Lipinski definition) is 4. The average molecular weight is 262 g/mol. The van der Waals surface area contributed by atoms with Gasteiger partial charge in [0.1, 0.15) is 0 Å². The van der Waals surface area contributed by atoms with Crippen molar-refractivity contribution in [1.29, 1.82) is 0 Å². The second kappa shape index (κ2) is 5.24. The Kier molecular flexibility index (Phi) is 3.48. The summed E-state index contributed by atoms with van der Waals surface area (Å²) < 4.78 is 5.41. The second-order valence-corrected chi connectivity index (χ2v) is 6.09. The Hall–Kier alpha value is -1.13. The zero-order chi connectivity index (χ0) is 12.4. The molecular weight excluding hydrogens is 244 g/mol. The highest BCUT2D eigenvalue weighted by Crippen LogP contribution is 2.26. The number of hydrogen-bond donors (Lipinski definition) is 0. The molecule has 3 rings (SSSR count). The molecule has 0 amide bonds. The minimum atomic E-state index is 0.808. The minimum absolute atomic E-state index is 0.808. The predicted molar refractivity (Wildman–Crippen MR) is 73.5 cm³/mol. The second-order valence-electron chi connectivity index (χ2n) is 5.14. The summed E-state index contributed by atoms with van der Waals surface area (Å²) >= 11 is 1.69. The van der Waals surface area contributed by atoms with Gasteiger partial charge in [-0.3, -0.25) is 4.90 Å². The van der Waals surface area contributed by atoms with E-state index in [1.807, 2.05) is 6.07 Å². The Labute approximate surface area is 111 Å². The molecule has 96 valence electrons. The van der Waals surface area contributed by atoms with E-state index in [1.165, 1.54) is 25.9 Å². The standard InChI is InChI=1S/C14H18N2OS/c1-11-4-2-6-16(9-11)10-12-8-13(17-15-12)14-5-3-7-18-14/h3,5,7-8,11H,2,4,6,9-10H2,1H3/t11-/m1/s1. The van der Waals surface area contributed by atoms with Crippen LogP contribution in [0.2, 0.25) is 0 Å². The van der Waals surface area contributed by atoms with E-state index in [1.54, 1.807) is 11.3 Å². The Balaban J connectivity index is 1.66. The number of piperidine rings is 1. The molecule has 0 saturated carbocycles. The monoisotopic (exact) mass is 262 g/mol. The van der Waals surface area contributed by atoms with Gasteiger partial charge in [-0.15, -0.1) is 11.3 Å². The van der Waals surface area contributed by atoms with Crippen LogP contribution in [0.1, 0.15) is 25.5 Å². The maximum Gasteiger partial charge on any atom is 0.177 e. The van der Waals surface area contributed by atoms with Crippen LogP contribution in [0.25, 0.3) is 10.6 Å². The number of rotatable bonds is 3. The Morgan fingerprint density at radius 1 is 1.56 bits per heavy atom. The zero-order valence-corrected chi connectivity index (χ0v) is 11.4. The van der Waals surface area contributed by atoms with Crippen LogP contribution in [0.5, 0.6) is 0 Å². The van der Waals surface area contributed by atoms with Crippen molar-refractivity contribution in [2.24, 2.45) is 5.92 Å². The molecule has 0 spiro atoms. The fraction of sp³-hybridized carbons (Fsp3) is 0.500. The molecule has 2 aromatic heterocycles. The fourth-order valence-electron chi connectivity index (χ4n) is 2.58. The van der Waals surface area contributed by atoms with Crippen LogP contribution in [0.15, 0.2) is 28.1 Å². The first-order valence-electron chi connectivity index (χ1n) is 6.53. The smallest absolute Gasteiger partial charge is 0.177 e. The summed E-state index contributed by atoms with van der Waals surface area (Å²) in [5.41, 5.74) is 1.05. The molecule has 0 aliphatic carbocycles. The molecular formula is C14H18N2OS. The van der Waals surface area contributed by atoms with Crippen LogP contribution < -0.4 is 0 Å². The van der Waals surface area contributed by atoms with Crippen molar-refractivity contribution >= 4 is 11.3 Å². The minimum Gasteiger partial charge on any atom is -0.355 e. The summed E-state index contributed by atoms with van der Waals surface area (Å²) in [5.74, 6) is 1.70. The Morgan fingerprint density at radius 3 is 3.28 bits per heavy atom. The first-order chi connectivity index (χ1) is 8.81. The largest absolute Gasteiger partial charge is 0.355 e. The highest BCUT2D eigenvalue weighted by Gasteiger charge is 2.18. The van der Waals surface area contributed by atoms with Crippen LogP contribution in [0, 0.1) is 5.92 Å². The molecule has 1 saturated heterocycles. The van der Waals surface area contributed by atoms with Crippen LogP contribution in [0.4, 0.5) is 0 Å². The van der Waals surface area contributed by atoms with E-state index >= 15 is 0 Å². The van der Waals surface area contributed by atoms with Gasteiger partial charge in [-0.05, 0) is 36.8 Å². The molecule has 3 heterocycles. The number of thiophene rings is 1. The van der Waals surface area contributed by atoms with Gasteiger partial charge in [-0.25, -0.2) is 0 Å². The maximum absolute atomic E-state index is 5.41. The lowest BCUT2D eigenvalue weighted by atomic mass is 10.0. The Bertz CT molecular complexity index is 492. The van der Waals surface area contributed by atoms with E-state index in [-0.39, 0.29) is 0 Å². The third-order valence-corrected chi connectivity index (χ3v) is 4.33. The Morgan fingerprint density at radius 2 is 2.50 bits per heavy atom. The van der Waals surface area contributed by atoms with Gasteiger partial charge in [-0.2, -0.15) is 0 Å². The average Bonchev–Trinajstić information content (AvgIpc) is 2.98. The molecule has 3 nitrogen and oxygen atoms in total. The summed E-state index contributed by atoms with van der Waals surface area (Å²) in [7, 11) is 0. The molecule has 4 heteroatoms. The van der Waals surface area contributed by atoms with E-state index in [0.717, 1.165) is 28.8 Å². The third-order valence-electron chi connectivity index (χ3n) is 3.45. The molecule has 0 aromatic carbocycles. The van der Waals surface area contributed by atoms with Crippen LogP contribution in [-0.2, 0) is 6.54 Å². The van der Waals surface area contributed by atoms with E-state index in [9.17, 15) is 0 Å². The van der Waals surface area contributed by atoms with Crippen molar-refractivity contribution < 1.29 is 4.52 Å². The summed E-state index contributed by atoms with van der Waals surface area (Å²) in [6.07, 6.45) is 2.66. The molecule has 0 radical (unpaired) electrons. The number of likely N-dealkylation sites (tertiary alicyclic amines) is 1. The summed E-state index contributed by atoms with van der Waals surface area (Å²) in [6.45, 7) is 5.61. The summed E-state index contributed by atoms with van der Waals surface area (Å²) in [4.78, 5) is 3.63. The van der Waals surface area contributed by atoms with Gasteiger partial charge >= 0.3 is 0 Å². The molecule has 0 bridgehead atoms. The van der Waals surface area contributed by atoms with Gasteiger partial charge in [0, 0.05) is 19.2 Å². The number of aromatic nitrogens is 1. The molecule has 1 aliphatic rings. The van der Waals surface area contributed by atoms with Gasteiger partial charge in [0.15, 0.2) is 5.76 Å². The number of nitrogens with zero attached hydrogens (tertiary/aromatic N) is 2. The van der Waals surface area contributed by atoms with Gasteiger partial charge in [-0.1, -0.05) is 18.1 Å². The van der Waals surface area contributed by atoms with Crippen molar-refractivity contribution in [3.8, 4) is 10.6 Å². The maximum atomic E-state index is 5.41. The van der Waals surface area contributed by atoms with Gasteiger partial charge < -0.3 is 4.52 Å². The van der Waals surface area contributed by atoms with Crippen molar-refractivity contribution in [2.75, 3.05) is 13.1 Å². The van der Waals surface area contributed by atoms with Crippen molar-refractivity contribution in [1.82, 2.24) is 10.1 Å². The molecule has 0 unspecified atom stereocenters. The van der Waals surface area contributed by atoms with Gasteiger partial charge in [0.2, 0.25) is 0 Å². The van der Waals surface area contributed by atoms with Crippen LogP contribution >= 0.6 is 11.3 Å². The lowest BCUT2D eigenvalue weighted by molar-refractivity contribution is 0.172. The zero-order valence-electron chi connectivity index (χ0n) is 10.6. The quantitative estimate of drug-likeness (QED) is 0.845. The van der Waals surface area contributed by atoms with Crippen LogP contribution in [-0.4, -0.2) is 23.1 Å². The molecule has 1 aliphatic heterocycles. The van der Waals surface area contributed by atoms with E-state index in [2.05, 4.69) is 34.5 Å². The van der Waals surface area contributed by atoms with Crippen LogP contribution in [0.3, 0.4) is 0 Å². The van der Waals surface area contributed by atoms with Gasteiger partial charge in [0.25, 0.3) is 0 Å². The fourth-order valence-corrected chi connectivity index (χ4v) is 3.25. The summed E-state index contributed by atoms with van der Waals surface area (Å²) in [6, 6.07) is 6.18. The normalized spacial score (nSPS) is 21.3. The first-order valence-corrected chi connectivity index (χ1v) is 7.41. The van der Waals surface area contributed by atoms with Crippen molar-refractivity contribution in [3.05, 3.63) is 29.3 Å². The molecule has 1 atom stereocenters. The topological polar surface area (TPSA) is 29.3 Å². The molecule has 1 fully saturated rings. The first kappa shape index (κ1) is 11.9. The van der Waals surface area contributed by atoms with Crippen molar-refractivity contribution in [2.45, 2.75) is 26.3 Å². The van der Waals surface area contributed by atoms with Crippen molar-refractivity contribution in [3.63, 3.8) is 0 Å². The lowest BCUT2D eigenvalue weighted by Crippen LogP contribution is -2.33. The van der Waals surface area contributed by atoms with E-state index in [0.29, 0.717) is 0 Å². The predicted octanol–water partition coefficient (Wildman–Crippen LogP) is 3.64. The lowest BCUT2D eigenvalue weighted by Gasteiger charge is -2.29. The molecule has 18 heavy (non-hydrogen) atoms. The third kappa shape index (κ3) is 2.65. The van der Waals surface area contributed by atoms with E-state index in [4.69, 9.17) is 4.52 Å². The highest BCUT2D eigenvalue weighted by atomic mass is 32.1. The molecule has 2 aromatic rings. The highest BCUT2D eigenvalue weighted by molar-refractivity contribution is 7.13. The molecule has 0 N–H and O–H groups in total. The summed E-state index contributed by atoms with van der Waals surface area (Å²) in [5, 5.41) is 6.24. The SMILES string of the molecule is C[C@@H]1CCCN(Cc2cc(-c3cccs3)on2)C1. The van der Waals surface area contributed by atoms with E-state index < -0.39 is 0 Å². The van der Waals surface area contributed by atoms with Gasteiger partial charge in [0.05, 0.1) is 10.6 Å².